The Morgan fingerprint density at radius 2 is 1.78 bits per heavy atom. The van der Waals surface area contributed by atoms with E-state index in [1.807, 2.05) is 68.4 Å². The molecular weight excluding hydrogens is 338 g/mol. The molecule has 142 valence electrons. The van der Waals surface area contributed by atoms with Crippen LogP contribution in [0.15, 0.2) is 48.5 Å². The predicted molar refractivity (Wildman–Crippen MR) is 109 cm³/mol. The third kappa shape index (κ3) is 4.48. The lowest BCUT2D eigenvalue weighted by Crippen LogP contribution is -2.30. The molecule has 0 saturated heterocycles. The van der Waals surface area contributed by atoms with Gasteiger partial charge in [0.25, 0.3) is 5.91 Å². The molecule has 1 fully saturated rings. The fourth-order valence-corrected chi connectivity index (χ4v) is 3.20. The van der Waals surface area contributed by atoms with Crippen LogP contribution in [0.4, 0.5) is 11.4 Å². The van der Waals surface area contributed by atoms with Gasteiger partial charge in [0.2, 0.25) is 5.91 Å². The van der Waals surface area contributed by atoms with Gasteiger partial charge in [-0.3, -0.25) is 9.59 Å². The Morgan fingerprint density at radius 3 is 2.37 bits per heavy atom. The van der Waals surface area contributed by atoms with Crippen molar-refractivity contribution >= 4 is 23.2 Å². The molecular formula is C22H27N3O2. The fraction of sp³-hybridized carbons (Fsp3) is 0.364. The number of carbonyl (C=O) groups excluding carboxylic acids is 2. The minimum atomic E-state index is -0.158. The van der Waals surface area contributed by atoms with Crippen molar-refractivity contribution in [2.24, 2.45) is 5.92 Å². The lowest BCUT2D eigenvalue weighted by molar-refractivity contribution is -0.122. The van der Waals surface area contributed by atoms with Gasteiger partial charge in [-0.15, -0.1) is 0 Å². The van der Waals surface area contributed by atoms with Gasteiger partial charge in [0.1, 0.15) is 0 Å². The Morgan fingerprint density at radius 1 is 1.07 bits per heavy atom. The van der Waals surface area contributed by atoms with Crippen LogP contribution in [0.2, 0.25) is 0 Å². The summed E-state index contributed by atoms with van der Waals surface area (Å²) < 4.78 is 0. The molecule has 0 aromatic heterocycles. The number of rotatable bonds is 6. The van der Waals surface area contributed by atoms with Crippen molar-refractivity contribution in [2.45, 2.75) is 32.2 Å². The van der Waals surface area contributed by atoms with Crippen molar-refractivity contribution in [3.05, 3.63) is 59.7 Å². The molecule has 5 nitrogen and oxygen atoms in total. The lowest BCUT2D eigenvalue weighted by atomic mass is 9.85. The van der Waals surface area contributed by atoms with E-state index in [1.54, 1.807) is 6.07 Å². The molecule has 0 aliphatic heterocycles. The summed E-state index contributed by atoms with van der Waals surface area (Å²) in [5.74, 6) is -0.00781. The van der Waals surface area contributed by atoms with E-state index in [9.17, 15) is 9.59 Å². The third-order valence-electron chi connectivity index (χ3n) is 5.11. The minimum Gasteiger partial charge on any atom is -0.377 e. The topological polar surface area (TPSA) is 61.4 Å². The van der Waals surface area contributed by atoms with E-state index in [0.717, 1.165) is 30.5 Å². The largest absolute Gasteiger partial charge is 0.377 e. The second-order valence-electron chi connectivity index (χ2n) is 7.35. The number of hydrogen-bond donors (Lipinski definition) is 2. The van der Waals surface area contributed by atoms with Crippen molar-refractivity contribution in [2.75, 3.05) is 24.3 Å². The average Bonchev–Trinajstić information content (AvgIpc) is 2.60. The van der Waals surface area contributed by atoms with Crippen LogP contribution in [0.3, 0.4) is 0 Å². The van der Waals surface area contributed by atoms with Crippen molar-refractivity contribution in [3.63, 3.8) is 0 Å². The van der Waals surface area contributed by atoms with Gasteiger partial charge in [-0.1, -0.05) is 36.8 Å². The second kappa shape index (κ2) is 8.25. The van der Waals surface area contributed by atoms with Crippen LogP contribution in [-0.4, -0.2) is 25.9 Å². The molecule has 2 N–H and O–H groups in total. The molecule has 0 radical (unpaired) electrons. The first-order valence-electron chi connectivity index (χ1n) is 9.43. The highest BCUT2D eigenvalue weighted by atomic mass is 16.2. The predicted octanol–water partition coefficient (Wildman–Crippen LogP) is 3.98. The molecule has 5 heteroatoms. The highest BCUT2D eigenvalue weighted by molar-refractivity contribution is 6.02. The van der Waals surface area contributed by atoms with Crippen LogP contribution >= 0.6 is 0 Å². The molecule has 1 saturated carbocycles. The Bertz CT molecular complexity index is 814. The molecule has 0 bridgehead atoms. The van der Waals surface area contributed by atoms with Gasteiger partial charge in [-0.2, -0.15) is 0 Å². The molecule has 3 rings (SSSR count). The van der Waals surface area contributed by atoms with Gasteiger partial charge in [0.15, 0.2) is 0 Å². The first kappa shape index (κ1) is 19.0. The molecule has 2 aromatic rings. The van der Waals surface area contributed by atoms with Gasteiger partial charge in [0.05, 0.1) is 11.6 Å². The van der Waals surface area contributed by atoms with Crippen LogP contribution in [0.5, 0.6) is 0 Å². The van der Waals surface area contributed by atoms with Crippen LogP contribution in [0.25, 0.3) is 0 Å². The number of amides is 2. The molecule has 27 heavy (non-hydrogen) atoms. The van der Waals surface area contributed by atoms with Crippen LogP contribution < -0.4 is 15.5 Å². The Kier molecular flexibility index (Phi) is 5.79. The van der Waals surface area contributed by atoms with E-state index < -0.39 is 0 Å². The van der Waals surface area contributed by atoms with Gasteiger partial charge < -0.3 is 15.5 Å². The molecule has 2 aromatic carbocycles. The number of nitrogens with zero attached hydrogens (tertiary/aromatic N) is 1. The summed E-state index contributed by atoms with van der Waals surface area (Å²) in [6.45, 7) is 1.96. The van der Waals surface area contributed by atoms with Gasteiger partial charge in [-0.05, 0) is 43.5 Å². The summed E-state index contributed by atoms with van der Waals surface area (Å²) in [5, 5.41) is 6.01. The van der Waals surface area contributed by atoms with E-state index in [-0.39, 0.29) is 23.8 Å². The summed E-state index contributed by atoms with van der Waals surface area (Å²) in [5.41, 5.74) is 3.07. The maximum atomic E-state index is 12.9. The van der Waals surface area contributed by atoms with Gasteiger partial charge >= 0.3 is 0 Å². The molecule has 2 amide bonds. The molecule has 1 atom stereocenters. The van der Waals surface area contributed by atoms with E-state index in [2.05, 4.69) is 10.6 Å². The second-order valence-corrected chi connectivity index (χ2v) is 7.35. The van der Waals surface area contributed by atoms with Crippen LogP contribution in [-0.2, 0) is 4.79 Å². The number of nitrogens with one attached hydrogen (secondary N) is 2. The first-order chi connectivity index (χ1) is 13.0. The maximum absolute atomic E-state index is 12.9. The minimum absolute atomic E-state index is 0.0443. The number of anilines is 2. The van der Waals surface area contributed by atoms with Crippen molar-refractivity contribution in [1.82, 2.24) is 5.32 Å². The van der Waals surface area contributed by atoms with E-state index in [0.29, 0.717) is 11.3 Å². The van der Waals surface area contributed by atoms with Gasteiger partial charge in [0, 0.05) is 31.4 Å². The summed E-state index contributed by atoms with van der Waals surface area (Å²) in [6.07, 6.45) is 3.01. The van der Waals surface area contributed by atoms with E-state index >= 15 is 0 Å². The third-order valence-corrected chi connectivity index (χ3v) is 5.11. The number of hydrogen-bond acceptors (Lipinski definition) is 3. The molecule has 1 aliphatic rings. The number of benzene rings is 2. The maximum Gasteiger partial charge on any atom is 0.253 e. The fourth-order valence-electron chi connectivity index (χ4n) is 3.20. The van der Waals surface area contributed by atoms with Crippen molar-refractivity contribution in [1.29, 1.82) is 0 Å². The Labute approximate surface area is 160 Å². The van der Waals surface area contributed by atoms with Crippen molar-refractivity contribution < 1.29 is 9.59 Å². The molecule has 0 heterocycles. The van der Waals surface area contributed by atoms with Crippen molar-refractivity contribution in [3.8, 4) is 0 Å². The summed E-state index contributed by atoms with van der Waals surface area (Å²) >= 11 is 0. The summed E-state index contributed by atoms with van der Waals surface area (Å²) in [6, 6.07) is 15.2. The molecule has 0 spiro atoms. The zero-order valence-corrected chi connectivity index (χ0v) is 16.2. The monoisotopic (exact) mass is 365 g/mol. The zero-order chi connectivity index (χ0) is 19.4. The summed E-state index contributed by atoms with van der Waals surface area (Å²) in [7, 11) is 3.80. The highest BCUT2D eigenvalue weighted by Gasteiger charge is 2.25. The van der Waals surface area contributed by atoms with Crippen LogP contribution in [0, 0.1) is 5.92 Å². The standard InChI is InChI=1S/C22H27N3O2/c1-15(16-8-5-4-6-9-16)23-22(27)19-14-18(12-13-20(19)25(2)3)24-21(26)17-10-7-11-17/h4-6,8-9,12-15,17H,7,10-11H2,1-3H3,(H,23,27)(H,24,26). The Balaban J connectivity index is 1.79. The highest BCUT2D eigenvalue weighted by Crippen LogP contribution is 2.29. The SMILES string of the molecule is CC(NC(=O)c1cc(NC(=O)C2CCC2)ccc1N(C)C)c1ccccc1. The molecule has 1 unspecified atom stereocenters. The van der Waals surface area contributed by atoms with E-state index in [1.165, 1.54) is 0 Å². The van der Waals surface area contributed by atoms with E-state index in [4.69, 9.17) is 0 Å². The zero-order valence-electron chi connectivity index (χ0n) is 16.2. The van der Waals surface area contributed by atoms with Gasteiger partial charge in [-0.25, -0.2) is 0 Å². The average molecular weight is 365 g/mol. The first-order valence-corrected chi connectivity index (χ1v) is 9.43. The smallest absolute Gasteiger partial charge is 0.253 e. The summed E-state index contributed by atoms with van der Waals surface area (Å²) in [4.78, 5) is 27.1. The Hall–Kier alpha value is -2.82. The normalized spacial score (nSPS) is 14.8. The number of carbonyl (C=O) groups is 2. The quantitative estimate of drug-likeness (QED) is 0.814. The lowest BCUT2D eigenvalue weighted by Gasteiger charge is -2.25. The molecule has 1 aliphatic carbocycles. The van der Waals surface area contributed by atoms with Crippen LogP contribution in [0.1, 0.15) is 48.1 Å².